The molecule has 1 atom stereocenters. The van der Waals surface area contributed by atoms with Gasteiger partial charge in [-0.05, 0) is 30.3 Å². The molecule has 0 fully saturated rings. The molecule has 0 aliphatic rings. The normalized spacial score (nSPS) is 12.5. The average molecular weight is 352 g/mol. The van der Waals surface area contributed by atoms with E-state index in [9.17, 15) is 5.11 Å². The first-order valence-electron chi connectivity index (χ1n) is 6.75. The molecule has 114 valence electrons. The predicted octanol–water partition coefficient (Wildman–Crippen LogP) is 4.48. The van der Waals surface area contributed by atoms with Crippen molar-refractivity contribution >= 4 is 44.9 Å². The summed E-state index contributed by atoms with van der Waals surface area (Å²) in [5.41, 5.74) is 0.898. The maximum atomic E-state index is 10.0. The summed E-state index contributed by atoms with van der Waals surface area (Å²) in [7, 11) is 0. The second kappa shape index (κ2) is 7.33. The van der Waals surface area contributed by atoms with Crippen LogP contribution in [0.5, 0.6) is 5.75 Å². The van der Waals surface area contributed by atoms with Crippen molar-refractivity contribution in [1.82, 2.24) is 4.98 Å². The molecule has 0 aliphatic carbocycles. The zero-order chi connectivity index (χ0) is 15.4. The zero-order valence-corrected chi connectivity index (χ0v) is 14.0. The summed E-state index contributed by atoms with van der Waals surface area (Å²) in [4.78, 5) is 4.51. The molecule has 0 saturated carbocycles. The van der Waals surface area contributed by atoms with Crippen LogP contribution in [0.2, 0.25) is 5.02 Å². The number of ether oxygens (including phenoxy) is 1. The van der Waals surface area contributed by atoms with Crippen LogP contribution in [-0.4, -0.2) is 28.6 Å². The SMILES string of the molecule is O[C@@H](COc1ccccc1)CSc1nc2cc(Cl)ccc2s1. The molecule has 0 saturated heterocycles. The first kappa shape index (κ1) is 15.6. The van der Waals surface area contributed by atoms with E-state index in [-0.39, 0.29) is 6.61 Å². The minimum Gasteiger partial charge on any atom is -0.491 e. The Morgan fingerprint density at radius 3 is 2.86 bits per heavy atom. The summed E-state index contributed by atoms with van der Waals surface area (Å²) in [5.74, 6) is 1.31. The van der Waals surface area contributed by atoms with Crippen LogP contribution in [0.4, 0.5) is 0 Å². The van der Waals surface area contributed by atoms with Crippen LogP contribution in [0.15, 0.2) is 52.9 Å². The monoisotopic (exact) mass is 351 g/mol. The van der Waals surface area contributed by atoms with Crippen molar-refractivity contribution in [2.45, 2.75) is 10.4 Å². The van der Waals surface area contributed by atoms with Gasteiger partial charge in [0.1, 0.15) is 12.4 Å². The van der Waals surface area contributed by atoms with Crippen molar-refractivity contribution in [3.63, 3.8) is 0 Å². The zero-order valence-electron chi connectivity index (χ0n) is 11.6. The summed E-state index contributed by atoms with van der Waals surface area (Å²) in [6.45, 7) is 0.272. The number of nitrogens with zero attached hydrogens (tertiary/aromatic N) is 1. The van der Waals surface area contributed by atoms with Crippen molar-refractivity contribution in [1.29, 1.82) is 0 Å². The van der Waals surface area contributed by atoms with Gasteiger partial charge in [0.15, 0.2) is 4.34 Å². The number of thioether (sulfide) groups is 1. The number of aliphatic hydroxyl groups is 1. The highest BCUT2D eigenvalue weighted by Crippen LogP contribution is 2.31. The number of hydrogen-bond donors (Lipinski definition) is 1. The fourth-order valence-corrected chi connectivity index (χ4v) is 4.01. The molecular formula is C16H14ClNO2S2. The summed E-state index contributed by atoms with van der Waals surface area (Å²) in [6.07, 6.45) is -0.541. The lowest BCUT2D eigenvalue weighted by molar-refractivity contribution is 0.126. The van der Waals surface area contributed by atoms with Gasteiger partial charge in [0.25, 0.3) is 0 Å². The Bertz CT molecular complexity index is 748. The quantitative estimate of drug-likeness (QED) is 0.665. The maximum Gasteiger partial charge on any atom is 0.151 e. The number of halogens is 1. The lowest BCUT2D eigenvalue weighted by Gasteiger charge is -2.11. The highest BCUT2D eigenvalue weighted by molar-refractivity contribution is 8.01. The van der Waals surface area contributed by atoms with Gasteiger partial charge < -0.3 is 9.84 Å². The van der Waals surface area contributed by atoms with Gasteiger partial charge in [-0.2, -0.15) is 0 Å². The van der Waals surface area contributed by atoms with Crippen LogP contribution in [0.1, 0.15) is 0 Å². The molecule has 22 heavy (non-hydrogen) atoms. The standard InChI is InChI=1S/C16H14ClNO2S2/c17-11-6-7-15-14(8-11)18-16(22-15)21-10-12(19)9-20-13-4-2-1-3-5-13/h1-8,12,19H,9-10H2/t12-/m0/s1. The number of benzene rings is 2. The molecule has 3 rings (SSSR count). The summed E-state index contributed by atoms with van der Waals surface area (Å²) in [6, 6.07) is 15.2. The van der Waals surface area contributed by atoms with E-state index in [2.05, 4.69) is 4.98 Å². The van der Waals surface area contributed by atoms with Gasteiger partial charge in [-0.3, -0.25) is 0 Å². The largest absolute Gasteiger partial charge is 0.491 e. The molecule has 0 amide bonds. The van der Waals surface area contributed by atoms with Crippen LogP contribution in [-0.2, 0) is 0 Å². The molecule has 1 N–H and O–H groups in total. The number of aromatic nitrogens is 1. The second-order valence-corrected chi connectivity index (χ2v) is 7.41. The minimum absolute atomic E-state index is 0.272. The van der Waals surface area contributed by atoms with Crippen molar-refractivity contribution in [3.05, 3.63) is 53.6 Å². The van der Waals surface area contributed by atoms with Gasteiger partial charge in [-0.25, -0.2) is 4.98 Å². The van der Waals surface area contributed by atoms with Crippen molar-refractivity contribution in [2.24, 2.45) is 0 Å². The van der Waals surface area contributed by atoms with E-state index >= 15 is 0 Å². The topological polar surface area (TPSA) is 42.4 Å². The summed E-state index contributed by atoms with van der Waals surface area (Å²) in [5, 5.41) is 10.7. The van der Waals surface area contributed by atoms with Crippen LogP contribution < -0.4 is 4.74 Å². The van der Waals surface area contributed by atoms with Crippen molar-refractivity contribution < 1.29 is 9.84 Å². The Morgan fingerprint density at radius 1 is 1.23 bits per heavy atom. The molecular weight excluding hydrogens is 338 g/mol. The third kappa shape index (κ3) is 4.14. The number of rotatable bonds is 6. The van der Waals surface area contributed by atoms with Gasteiger partial charge >= 0.3 is 0 Å². The molecule has 0 aliphatic heterocycles. The van der Waals surface area contributed by atoms with E-state index in [0.717, 1.165) is 20.3 Å². The summed E-state index contributed by atoms with van der Waals surface area (Å²) < 4.78 is 7.56. The molecule has 1 heterocycles. The average Bonchev–Trinajstić information content (AvgIpc) is 2.94. The molecule has 0 radical (unpaired) electrons. The van der Waals surface area contributed by atoms with E-state index in [1.807, 2.05) is 48.5 Å². The van der Waals surface area contributed by atoms with Gasteiger partial charge in [-0.1, -0.05) is 41.6 Å². The Hall–Kier alpha value is -1.27. The Balaban J connectivity index is 1.52. The first-order valence-corrected chi connectivity index (χ1v) is 8.93. The number of hydrogen-bond acceptors (Lipinski definition) is 5. The van der Waals surface area contributed by atoms with E-state index in [1.54, 1.807) is 11.3 Å². The third-order valence-corrected chi connectivity index (χ3v) is 5.47. The van der Waals surface area contributed by atoms with Crippen LogP contribution >= 0.6 is 34.7 Å². The molecule has 2 aromatic carbocycles. The minimum atomic E-state index is -0.541. The number of thiazole rings is 1. The molecule has 6 heteroatoms. The second-order valence-electron chi connectivity index (χ2n) is 4.68. The molecule has 1 aromatic heterocycles. The van der Waals surface area contributed by atoms with Crippen molar-refractivity contribution in [2.75, 3.05) is 12.4 Å². The fraction of sp³-hybridized carbons (Fsp3) is 0.188. The van der Waals surface area contributed by atoms with Gasteiger partial charge in [0, 0.05) is 10.8 Å². The fourth-order valence-electron chi connectivity index (χ4n) is 1.87. The molecule has 0 spiro atoms. The van der Waals surface area contributed by atoms with E-state index in [4.69, 9.17) is 16.3 Å². The Morgan fingerprint density at radius 2 is 2.05 bits per heavy atom. The molecule has 0 bridgehead atoms. The van der Waals surface area contributed by atoms with Gasteiger partial charge in [0.05, 0.1) is 16.3 Å². The van der Waals surface area contributed by atoms with E-state index < -0.39 is 6.10 Å². The Kier molecular flexibility index (Phi) is 5.20. The molecule has 0 unspecified atom stereocenters. The maximum absolute atomic E-state index is 10.0. The lowest BCUT2D eigenvalue weighted by atomic mass is 10.3. The lowest BCUT2D eigenvalue weighted by Crippen LogP contribution is -2.19. The van der Waals surface area contributed by atoms with Crippen LogP contribution in [0, 0.1) is 0 Å². The van der Waals surface area contributed by atoms with Crippen molar-refractivity contribution in [3.8, 4) is 5.75 Å². The molecule has 3 nitrogen and oxygen atoms in total. The number of aliphatic hydroxyl groups excluding tert-OH is 1. The highest BCUT2D eigenvalue weighted by atomic mass is 35.5. The van der Waals surface area contributed by atoms with Gasteiger partial charge in [-0.15, -0.1) is 11.3 Å². The van der Waals surface area contributed by atoms with E-state index in [0.29, 0.717) is 10.8 Å². The van der Waals surface area contributed by atoms with Crippen LogP contribution in [0.25, 0.3) is 10.2 Å². The Labute approximate surface area is 141 Å². The number of fused-ring (bicyclic) bond motifs is 1. The summed E-state index contributed by atoms with van der Waals surface area (Å²) >= 11 is 9.09. The van der Waals surface area contributed by atoms with E-state index in [1.165, 1.54) is 11.8 Å². The highest BCUT2D eigenvalue weighted by Gasteiger charge is 2.10. The third-order valence-electron chi connectivity index (χ3n) is 2.91. The molecule has 3 aromatic rings. The predicted molar refractivity (Wildman–Crippen MR) is 93.3 cm³/mol. The smallest absolute Gasteiger partial charge is 0.151 e. The van der Waals surface area contributed by atoms with Crippen LogP contribution in [0.3, 0.4) is 0 Å². The first-order chi connectivity index (χ1) is 10.7. The number of para-hydroxylation sites is 1. The van der Waals surface area contributed by atoms with Gasteiger partial charge in [0.2, 0.25) is 0 Å².